The van der Waals surface area contributed by atoms with Gasteiger partial charge in [0.05, 0.1) is 17.8 Å². The summed E-state index contributed by atoms with van der Waals surface area (Å²) in [5.74, 6) is -0.116. The van der Waals surface area contributed by atoms with Gasteiger partial charge in [0.1, 0.15) is 0 Å². The number of rotatable bonds is 3. The van der Waals surface area contributed by atoms with Gasteiger partial charge in [-0.2, -0.15) is 0 Å². The molecule has 0 bridgehead atoms. The molecule has 1 aromatic carbocycles. The highest BCUT2D eigenvalue weighted by Crippen LogP contribution is 2.37. The molecule has 4 nitrogen and oxygen atoms in total. The minimum absolute atomic E-state index is 0.00252. The third kappa shape index (κ3) is 2.76. The highest BCUT2D eigenvalue weighted by molar-refractivity contribution is 7.17. The summed E-state index contributed by atoms with van der Waals surface area (Å²) in [6, 6.07) is 6.26. The highest BCUT2D eigenvalue weighted by atomic mass is 32.1. The molecular formula is C20H22N2O2S. The predicted octanol–water partition coefficient (Wildman–Crippen LogP) is 4.43. The monoisotopic (exact) mass is 354 g/mol. The van der Waals surface area contributed by atoms with E-state index in [-0.39, 0.29) is 6.42 Å². The van der Waals surface area contributed by atoms with Crippen molar-refractivity contribution in [3.05, 3.63) is 45.6 Å². The van der Waals surface area contributed by atoms with Crippen LogP contribution in [0.4, 0.5) is 0 Å². The first-order valence-electron chi connectivity index (χ1n) is 8.75. The Bertz CT molecular complexity index is 983. The van der Waals surface area contributed by atoms with Crippen LogP contribution in [0.25, 0.3) is 16.2 Å². The molecule has 1 aliphatic carbocycles. The van der Waals surface area contributed by atoms with Crippen molar-refractivity contribution in [2.45, 2.75) is 46.5 Å². The molecule has 5 heteroatoms. The summed E-state index contributed by atoms with van der Waals surface area (Å²) in [5.41, 5.74) is 6.30. The summed E-state index contributed by atoms with van der Waals surface area (Å²) in [6.07, 6.45) is 3.24. The summed E-state index contributed by atoms with van der Waals surface area (Å²) in [7, 11) is 0. The SMILES string of the molecule is Cc1ccc(-c2nc3sc4c(n3c2CC(=O)O)CCC(C)C4)c(C)c1. The quantitative estimate of drug-likeness (QED) is 0.757. The van der Waals surface area contributed by atoms with E-state index in [1.54, 1.807) is 11.3 Å². The standard InChI is InChI=1S/C20H22N2O2S/c1-11-4-6-14(13(3)8-11)19-16(10-18(23)24)22-15-7-5-12(2)9-17(15)25-20(22)21-19/h4,6,8,12H,5,7,9-10H2,1-3H3,(H,23,24). The summed E-state index contributed by atoms with van der Waals surface area (Å²) in [5, 5.41) is 9.48. The second kappa shape index (κ2) is 5.99. The van der Waals surface area contributed by atoms with Crippen molar-refractivity contribution in [3.63, 3.8) is 0 Å². The third-order valence-corrected chi connectivity index (χ3v) is 6.22. The van der Waals surface area contributed by atoms with Crippen molar-refractivity contribution in [2.24, 2.45) is 5.92 Å². The summed E-state index contributed by atoms with van der Waals surface area (Å²) < 4.78 is 2.13. The Kier molecular flexibility index (Phi) is 3.91. The lowest BCUT2D eigenvalue weighted by molar-refractivity contribution is -0.136. The number of hydrogen-bond acceptors (Lipinski definition) is 3. The molecule has 0 radical (unpaired) electrons. The summed E-state index contributed by atoms with van der Waals surface area (Å²) >= 11 is 1.73. The van der Waals surface area contributed by atoms with Crippen LogP contribution in [0, 0.1) is 19.8 Å². The number of fused-ring (bicyclic) bond motifs is 3. The minimum atomic E-state index is -0.808. The fourth-order valence-electron chi connectivity index (χ4n) is 3.89. The molecule has 0 spiro atoms. The van der Waals surface area contributed by atoms with Crippen LogP contribution in [0.1, 0.15) is 40.7 Å². The number of benzene rings is 1. The van der Waals surface area contributed by atoms with Crippen molar-refractivity contribution in [2.75, 3.05) is 0 Å². The topological polar surface area (TPSA) is 54.6 Å². The zero-order chi connectivity index (χ0) is 17.7. The Labute approximate surface area is 151 Å². The van der Waals surface area contributed by atoms with Gasteiger partial charge in [0.15, 0.2) is 4.96 Å². The molecule has 2 aromatic heterocycles. The number of aromatic nitrogens is 2. The summed E-state index contributed by atoms with van der Waals surface area (Å²) in [4.78, 5) is 18.7. The Morgan fingerprint density at radius 1 is 1.40 bits per heavy atom. The Hall–Kier alpha value is -2.14. The lowest BCUT2D eigenvalue weighted by atomic mass is 9.92. The van der Waals surface area contributed by atoms with E-state index in [4.69, 9.17) is 4.98 Å². The van der Waals surface area contributed by atoms with Crippen LogP contribution in [0.3, 0.4) is 0 Å². The van der Waals surface area contributed by atoms with Gasteiger partial charge in [-0.15, -0.1) is 11.3 Å². The molecule has 0 fully saturated rings. The number of imidazole rings is 1. The van der Waals surface area contributed by atoms with Gasteiger partial charge in [-0.05, 0) is 44.6 Å². The first-order chi connectivity index (χ1) is 11.9. The van der Waals surface area contributed by atoms with Gasteiger partial charge in [0.2, 0.25) is 0 Å². The second-order valence-electron chi connectivity index (χ2n) is 7.23. The number of carboxylic acid groups (broad SMARTS) is 1. The average molecular weight is 354 g/mol. The van der Waals surface area contributed by atoms with E-state index >= 15 is 0 Å². The lowest BCUT2D eigenvalue weighted by Crippen LogP contribution is -2.13. The van der Waals surface area contributed by atoms with Crippen LogP contribution in [0.5, 0.6) is 0 Å². The van der Waals surface area contributed by atoms with Gasteiger partial charge in [0.25, 0.3) is 0 Å². The molecule has 1 N–H and O–H groups in total. The molecule has 3 aromatic rings. The van der Waals surface area contributed by atoms with Crippen LogP contribution in [0.2, 0.25) is 0 Å². The van der Waals surface area contributed by atoms with Crippen LogP contribution >= 0.6 is 11.3 Å². The maximum absolute atomic E-state index is 11.5. The molecule has 1 unspecified atom stereocenters. The largest absolute Gasteiger partial charge is 0.481 e. The Balaban J connectivity index is 1.95. The molecule has 1 atom stereocenters. The molecule has 1 aliphatic rings. The van der Waals surface area contributed by atoms with Crippen LogP contribution in [-0.2, 0) is 24.1 Å². The van der Waals surface area contributed by atoms with E-state index in [9.17, 15) is 9.90 Å². The lowest BCUT2D eigenvalue weighted by Gasteiger charge is -2.18. The molecule has 25 heavy (non-hydrogen) atoms. The average Bonchev–Trinajstić information content (AvgIpc) is 3.03. The highest BCUT2D eigenvalue weighted by Gasteiger charge is 2.26. The van der Waals surface area contributed by atoms with Crippen LogP contribution in [0.15, 0.2) is 18.2 Å². The van der Waals surface area contributed by atoms with E-state index in [1.807, 2.05) is 0 Å². The number of aryl methyl sites for hydroxylation is 3. The maximum Gasteiger partial charge on any atom is 0.309 e. The van der Waals surface area contributed by atoms with Crippen molar-refractivity contribution in [3.8, 4) is 11.3 Å². The van der Waals surface area contributed by atoms with E-state index < -0.39 is 5.97 Å². The number of carboxylic acids is 1. The molecule has 0 saturated carbocycles. The van der Waals surface area contributed by atoms with E-state index in [2.05, 4.69) is 43.4 Å². The van der Waals surface area contributed by atoms with Crippen molar-refractivity contribution in [1.29, 1.82) is 0 Å². The van der Waals surface area contributed by atoms with Gasteiger partial charge < -0.3 is 5.11 Å². The fourth-order valence-corrected chi connectivity index (χ4v) is 5.23. The zero-order valence-electron chi connectivity index (χ0n) is 14.8. The normalized spacial score (nSPS) is 17.0. The molecule has 0 amide bonds. The third-order valence-electron chi connectivity index (χ3n) is 5.11. The second-order valence-corrected chi connectivity index (χ2v) is 8.30. The molecule has 0 aliphatic heterocycles. The van der Waals surface area contributed by atoms with Gasteiger partial charge in [-0.25, -0.2) is 4.98 Å². The Morgan fingerprint density at radius 3 is 2.92 bits per heavy atom. The molecule has 0 saturated heterocycles. The zero-order valence-corrected chi connectivity index (χ0v) is 15.6. The smallest absolute Gasteiger partial charge is 0.309 e. The van der Waals surface area contributed by atoms with Gasteiger partial charge in [0, 0.05) is 16.1 Å². The van der Waals surface area contributed by atoms with Gasteiger partial charge in [-0.3, -0.25) is 9.20 Å². The van der Waals surface area contributed by atoms with Crippen LogP contribution < -0.4 is 0 Å². The predicted molar refractivity (Wildman–Crippen MR) is 101 cm³/mol. The first-order valence-corrected chi connectivity index (χ1v) is 9.57. The van der Waals surface area contributed by atoms with Crippen molar-refractivity contribution >= 4 is 22.3 Å². The maximum atomic E-state index is 11.5. The minimum Gasteiger partial charge on any atom is -0.481 e. The summed E-state index contributed by atoms with van der Waals surface area (Å²) in [6.45, 7) is 6.42. The number of aliphatic carboxylic acids is 1. The van der Waals surface area contributed by atoms with Gasteiger partial charge in [-0.1, -0.05) is 30.7 Å². The number of hydrogen-bond donors (Lipinski definition) is 1. The van der Waals surface area contributed by atoms with E-state index in [0.717, 1.165) is 46.7 Å². The number of nitrogens with zero attached hydrogens (tertiary/aromatic N) is 2. The van der Waals surface area contributed by atoms with Crippen molar-refractivity contribution < 1.29 is 9.90 Å². The molecule has 4 rings (SSSR count). The van der Waals surface area contributed by atoms with Crippen LogP contribution in [-0.4, -0.2) is 20.5 Å². The fraction of sp³-hybridized carbons (Fsp3) is 0.400. The molecule has 130 valence electrons. The molecular weight excluding hydrogens is 332 g/mol. The van der Waals surface area contributed by atoms with Crippen molar-refractivity contribution in [1.82, 2.24) is 9.38 Å². The number of thiazole rings is 1. The molecule has 2 heterocycles. The van der Waals surface area contributed by atoms with E-state index in [0.29, 0.717) is 5.92 Å². The van der Waals surface area contributed by atoms with Gasteiger partial charge >= 0.3 is 5.97 Å². The van der Waals surface area contributed by atoms with E-state index in [1.165, 1.54) is 16.1 Å². The Morgan fingerprint density at radius 2 is 2.20 bits per heavy atom. The number of carbonyl (C=O) groups is 1. The first kappa shape index (κ1) is 16.3.